The van der Waals surface area contributed by atoms with Crippen molar-refractivity contribution in [2.45, 2.75) is 35.1 Å². The van der Waals surface area contributed by atoms with Crippen molar-refractivity contribution in [2.24, 2.45) is 0 Å². The third-order valence-electron chi connectivity index (χ3n) is 7.10. The van der Waals surface area contributed by atoms with Crippen LogP contribution < -0.4 is 14.9 Å². The summed E-state index contributed by atoms with van der Waals surface area (Å²) < 4.78 is 38.1. The molecule has 0 bridgehead atoms. The Kier molecular flexibility index (Phi) is 8.57. The van der Waals surface area contributed by atoms with Crippen LogP contribution in [0, 0.1) is 6.92 Å². The fourth-order valence-electron chi connectivity index (χ4n) is 5.04. The molecule has 9 nitrogen and oxygen atoms in total. The minimum absolute atomic E-state index is 0.0163. The summed E-state index contributed by atoms with van der Waals surface area (Å²) in [5, 5.41) is 1.27. The Morgan fingerprint density at radius 3 is 2.38 bits per heavy atom. The first-order valence-electron chi connectivity index (χ1n) is 12.6. The van der Waals surface area contributed by atoms with E-state index in [4.69, 9.17) is 9.47 Å². The van der Waals surface area contributed by atoms with Crippen LogP contribution in [0.25, 0.3) is 0 Å². The fraction of sp³-hybridized carbons (Fsp3) is 0.310. The lowest BCUT2D eigenvalue weighted by Crippen LogP contribution is -2.56. The maximum Gasteiger partial charge on any atom is 0.273 e. The Labute approximate surface area is 229 Å². The van der Waals surface area contributed by atoms with E-state index < -0.39 is 21.8 Å². The SMILES string of the molecule is COc1ccc([C@H]2CN(C)CC[C@H]2N(NC=O)C(=O)c2ccccc2S(=O)(=O)c2ccc(C)cc2)cc1OC. The molecule has 1 fully saturated rings. The quantitative estimate of drug-likeness (QED) is 0.321. The molecule has 1 saturated heterocycles. The lowest BCUT2D eigenvalue weighted by atomic mass is 9.85. The molecule has 1 aliphatic rings. The molecule has 10 heteroatoms. The number of rotatable bonds is 9. The fourth-order valence-corrected chi connectivity index (χ4v) is 6.49. The molecule has 0 unspecified atom stereocenters. The van der Waals surface area contributed by atoms with Gasteiger partial charge in [0.2, 0.25) is 16.2 Å². The highest BCUT2D eigenvalue weighted by Crippen LogP contribution is 2.36. The van der Waals surface area contributed by atoms with Crippen molar-refractivity contribution in [3.05, 3.63) is 83.4 Å². The summed E-state index contributed by atoms with van der Waals surface area (Å²) >= 11 is 0. The largest absolute Gasteiger partial charge is 0.493 e. The van der Waals surface area contributed by atoms with Gasteiger partial charge in [0.25, 0.3) is 5.91 Å². The summed E-state index contributed by atoms with van der Waals surface area (Å²) in [6, 6.07) is 17.7. The number of nitrogens with one attached hydrogen (secondary N) is 1. The van der Waals surface area contributed by atoms with E-state index in [0.29, 0.717) is 37.4 Å². The highest BCUT2D eigenvalue weighted by atomic mass is 32.2. The average Bonchev–Trinajstić information content (AvgIpc) is 2.95. The molecule has 0 saturated carbocycles. The Balaban J connectivity index is 1.76. The van der Waals surface area contributed by atoms with E-state index in [2.05, 4.69) is 10.3 Å². The molecule has 3 aromatic rings. The van der Waals surface area contributed by atoms with Crippen molar-refractivity contribution < 1.29 is 27.5 Å². The molecule has 1 heterocycles. The maximum atomic E-state index is 14.1. The van der Waals surface area contributed by atoms with Gasteiger partial charge in [-0.15, -0.1) is 0 Å². The molecule has 0 spiro atoms. The molecule has 0 aromatic heterocycles. The van der Waals surface area contributed by atoms with Crippen LogP contribution in [0.5, 0.6) is 11.5 Å². The van der Waals surface area contributed by atoms with Crippen LogP contribution >= 0.6 is 0 Å². The number of hydrazine groups is 1. The number of hydrogen-bond acceptors (Lipinski definition) is 7. The summed E-state index contributed by atoms with van der Waals surface area (Å²) in [5.41, 5.74) is 4.38. The molecule has 0 radical (unpaired) electrons. The number of nitrogens with zero attached hydrogens (tertiary/aromatic N) is 2. The van der Waals surface area contributed by atoms with Crippen molar-refractivity contribution in [1.29, 1.82) is 0 Å². The van der Waals surface area contributed by atoms with E-state index in [1.54, 1.807) is 38.5 Å². The van der Waals surface area contributed by atoms with Gasteiger partial charge in [0.15, 0.2) is 11.5 Å². The average molecular weight is 552 g/mol. The number of hydrogen-bond donors (Lipinski definition) is 1. The van der Waals surface area contributed by atoms with E-state index in [-0.39, 0.29) is 21.3 Å². The highest BCUT2D eigenvalue weighted by molar-refractivity contribution is 7.91. The molecule has 206 valence electrons. The summed E-state index contributed by atoms with van der Waals surface area (Å²) in [5.74, 6) is 0.322. The zero-order valence-electron chi connectivity index (χ0n) is 22.5. The number of methoxy groups -OCH3 is 2. The molecule has 39 heavy (non-hydrogen) atoms. The van der Waals surface area contributed by atoms with Crippen LogP contribution in [-0.2, 0) is 14.6 Å². The van der Waals surface area contributed by atoms with Gasteiger partial charge in [-0.1, -0.05) is 35.9 Å². The normalized spacial score (nSPS) is 17.7. The van der Waals surface area contributed by atoms with Crippen LogP contribution in [0.3, 0.4) is 0 Å². The predicted molar refractivity (Wildman–Crippen MR) is 147 cm³/mol. The van der Waals surface area contributed by atoms with Gasteiger partial charge < -0.3 is 14.4 Å². The van der Waals surface area contributed by atoms with Crippen LogP contribution in [0.4, 0.5) is 0 Å². The van der Waals surface area contributed by atoms with Gasteiger partial charge in [-0.2, -0.15) is 0 Å². The molecule has 4 rings (SSSR count). The zero-order valence-corrected chi connectivity index (χ0v) is 23.3. The number of benzene rings is 3. The zero-order chi connectivity index (χ0) is 28.2. The van der Waals surface area contributed by atoms with Crippen LogP contribution in [0.1, 0.15) is 33.8 Å². The lowest BCUT2D eigenvalue weighted by Gasteiger charge is -2.42. The van der Waals surface area contributed by atoms with Gasteiger partial charge in [0, 0.05) is 12.5 Å². The molecule has 1 N–H and O–H groups in total. The number of carbonyl (C=O) groups excluding carboxylic acids is 2. The third-order valence-corrected chi connectivity index (χ3v) is 8.92. The number of likely N-dealkylation sites (N-methyl/N-ethyl adjacent to an activating group) is 1. The number of sulfone groups is 1. The van der Waals surface area contributed by atoms with E-state index in [9.17, 15) is 18.0 Å². The second-order valence-electron chi connectivity index (χ2n) is 9.57. The summed E-state index contributed by atoms with van der Waals surface area (Å²) in [7, 11) is 1.11. The monoisotopic (exact) mass is 551 g/mol. The molecule has 2 amide bonds. The van der Waals surface area contributed by atoms with E-state index >= 15 is 0 Å². The van der Waals surface area contributed by atoms with Crippen LogP contribution in [0.2, 0.25) is 0 Å². The molecule has 3 aromatic carbocycles. The summed E-state index contributed by atoms with van der Waals surface area (Å²) in [6.07, 6.45) is 0.994. The topological polar surface area (TPSA) is 105 Å². The van der Waals surface area contributed by atoms with Crippen molar-refractivity contribution in [3.63, 3.8) is 0 Å². The third kappa shape index (κ3) is 5.76. The number of ether oxygens (including phenoxy) is 2. The standard InChI is InChI=1S/C29H33N3O6S/c1-20-9-12-22(13-10-20)39(35,36)28-8-6-5-7-23(28)29(34)32(30-19-33)25-15-16-31(2)18-24(25)21-11-14-26(37-3)27(17-21)38-4/h5-14,17,19,24-25H,15-16,18H2,1-4H3,(H,30,33)/t24-,25-/m1/s1. The summed E-state index contributed by atoms with van der Waals surface area (Å²) in [6.45, 7) is 3.16. The van der Waals surface area contributed by atoms with Crippen LogP contribution in [0.15, 0.2) is 76.5 Å². The van der Waals surface area contributed by atoms with Crippen molar-refractivity contribution in [3.8, 4) is 11.5 Å². The van der Waals surface area contributed by atoms with Gasteiger partial charge in [0.1, 0.15) is 0 Å². The Hall–Kier alpha value is -3.89. The summed E-state index contributed by atoms with van der Waals surface area (Å²) in [4.78, 5) is 27.9. The van der Waals surface area contributed by atoms with Gasteiger partial charge in [-0.3, -0.25) is 15.0 Å². The Bertz CT molecular complexity index is 1440. The molecular weight excluding hydrogens is 518 g/mol. The molecule has 1 aliphatic heterocycles. The minimum Gasteiger partial charge on any atom is -0.493 e. The second-order valence-corrected chi connectivity index (χ2v) is 11.5. The number of likely N-dealkylation sites (tertiary alicyclic amines) is 1. The number of piperidine rings is 1. The van der Waals surface area contributed by atoms with Gasteiger partial charge in [0.05, 0.1) is 35.6 Å². The van der Waals surface area contributed by atoms with Gasteiger partial charge in [-0.25, -0.2) is 13.4 Å². The first kappa shape index (κ1) is 28.1. The predicted octanol–water partition coefficient (Wildman–Crippen LogP) is 3.44. The van der Waals surface area contributed by atoms with E-state index in [1.165, 1.54) is 29.3 Å². The van der Waals surface area contributed by atoms with E-state index in [0.717, 1.165) is 11.1 Å². The molecule has 0 aliphatic carbocycles. The first-order chi connectivity index (χ1) is 18.7. The minimum atomic E-state index is -4.00. The molecular formula is C29H33N3O6S. The lowest BCUT2D eigenvalue weighted by molar-refractivity contribution is -0.114. The number of aryl methyl sites for hydroxylation is 1. The van der Waals surface area contributed by atoms with E-state index in [1.807, 2.05) is 32.2 Å². The number of amides is 2. The Morgan fingerprint density at radius 2 is 1.72 bits per heavy atom. The second kappa shape index (κ2) is 11.9. The smallest absolute Gasteiger partial charge is 0.273 e. The molecule has 2 atom stereocenters. The van der Waals surface area contributed by atoms with Crippen molar-refractivity contribution >= 4 is 22.2 Å². The number of carbonyl (C=O) groups is 2. The Morgan fingerprint density at radius 1 is 1.03 bits per heavy atom. The first-order valence-corrected chi connectivity index (χ1v) is 14.0. The van der Waals surface area contributed by atoms with Crippen molar-refractivity contribution in [1.82, 2.24) is 15.3 Å². The van der Waals surface area contributed by atoms with Crippen molar-refractivity contribution in [2.75, 3.05) is 34.4 Å². The van der Waals surface area contributed by atoms with Gasteiger partial charge in [-0.05, 0) is 68.9 Å². The van der Waals surface area contributed by atoms with Gasteiger partial charge >= 0.3 is 0 Å². The highest BCUT2D eigenvalue weighted by Gasteiger charge is 2.38. The maximum absolute atomic E-state index is 14.1. The van der Waals surface area contributed by atoms with Crippen LogP contribution in [-0.4, -0.2) is 71.0 Å².